The standard InChI is InChI=1S/C21H23NO5/c1-2-25-21(24)16-5-9-17(10-6-16)22-20(23)15-7-11-18(12-8-15)27-14-19-4-3-13-26-19/h5-12,19H,2-4,13-14H2,1H3,(H,22,23). The van der Waals surface area contributed by atoms with Gasteiger partial charge in [0.1, 0.15) is 12.4 Å². The topological polar surface area (TPSA) is 73.9 Å². The summed E-state index contributed by atoms with van der Waals surface area (Å²) >= 11 is 0. The highest BCUT2D eigenvalue weighted by molar-refractivity contribution is 6.04. The van der Waals surface area contributed by atoms with Gasteiger partial charge in [0.25, 0.3) is 5.91 Å². The fraction of sp³-hybridized carbons (Fsp3) is 0.333. The molecule has 1 saturated heterocycles. The van der Waals surface area contributed by atoms with E-state index in [1.807, 2.05) is 0 Å². The van der Waals surface area contributed by atoms with E-state index >= 15 is 0 Å². The van der Waals surface area contributed by atoms with Crippen molar-refractivity contribution in [2.45, 2.75) is 25.9 Å². The van der Waals surface area contributed by atoms with Gasteiger partial charge in [0.05, 0.1) is 18.3 Å². The maximum absolute atomic E-state index is 12.4. The van der Waals surface area contributed by atoms with Crippen LogP contribution >= 0.6 is 0 Å². The third-order valence-electron chi connectivity index (χ3n) is 4.23. The number of esters is 1. The highest BCUT2D eigenvalue weighted by atomic mass is 16.5. The highest BCUT2D eigenvalue weighted by Crippen LogP contribution is 2.18. The van der Waals surface area contributed by atoms with Gasteiger partial charge in [-0.3, -0.25) is 4.79 Å². The van der Waals surface area contributed by atoms with Crippen molar-refractivity contribution >= 4 is 17.6 Å². The normalized spacial score (nSPS) is 16.0. The minimum Gasteiger partial charge on any atom is -0.491 e. The predicted molar refractivity (Wildman–Crippen MR) is 101 cm³/mol. The van der Waals surface area contributed by atoms with Crippen molar-refractivity contribution in [1.82, 2.24) is 0 Å². The molecule has 142 valence electrons. The van der Waals surface area contributed by atoms with Crippen LogP contribution in [0.25, 0.3) is 0 Å². The number of carbonyl (C=O) groups excluding carboxylic acids is 2. The molecule has 1 heterocycles. The van der Waals surface area contributed by atoms with Gasteiger partial charge in [0, 0.05) is 17.9 Å². The Bertz CT molecular complexity index is 764. The van der Waals surface area contributed by atoms with Crippen molar-refractivity contribution in [1.29, 1.82) is 0 Å². The zero-order valence-electron chi connectivity index (χ0n) is 15.3. The zero-order chi connectivity index (χ0) is 19.1. The molecule has 0 saturated carbocycles. The first-order valence-corrected chi connectivity index (χ1v) is 9.08. The fourth-order valence-electron chi connectivity index (χ4n) is 2.77. The molecule has 0 radical (unpaired) electrons. The van der Waals surface area contributed by atoms with Crippen molar-refractivity contribution in [2.24, 2.45) is 0 Å². The van der Waals surface area contributed by atoms with E-state index in [-0.39, 0.29) is 18.0 Å². The van der Waals surface area contributed by atoms with Gasteiger partial charge in [-0.15, -0.1) is 0 Å². The molecule has 1 aliphatic rings. The van der Waals surface area contributed by atoms with Gasteiger partial charge >= 0.3 is 5.97 Å². The molecule has 0 aliphatic carbocycles. The molecule has 1 unspecified atom stereocenters. The number of carbonyl (C=O) groups is 2. The van der Waals surface area contributed by atoms with E-state index in [0.29, 0.717) is 35.8 Å². The Hall–Kier alpha value is -2.86. The van der Waals surface area contributed by atoms with Gasteiger partial charge < -0.3 is 19.5 Å². The molecule has 6 nitrogen and oxygen atoms in total. The predicted octanol–water partition coefficient (Wildman–Crippen LogP) is 3.67. The first-order valence-electron chi connectivity index (χ1n) is 9.08. The van der Waals surface area contributed by atoms with E-state index < -0.39 is 0 Å². The third kappa shape index (κ3) is 5.31. The fourth-order valence-corrected chi connectivity index (χ4v) is 2.77. The first-order chi connectivity index (χ1) is 13.2. The summed E-state index contributed by atoms with van der Waals surface area (Å²) in [5, 5.41) is 2.80. The van der Waals surface area contributed by atoms with Crippen LogP contribution in [0, 0.1) is 0 Å². The Morgan fingerprint density at radius 2 is 1.78 bits per heavy atom. The molecule has 1 aliphatic heterocycles. The summed E-state index contributed by atoms with van der Waals surface area (Å²) in [7, 11) is 0. The van der Waals surface area contributed by atoms with E-state index in [1.54, 1.807) is 55.5 Å². The Morgan fingerprint density at radius 3 is 2.41 bits per heavy atom. The highest BCUT2D eigenvalue weighted by Gasteiger charge is 2.16. The summed E-state index contributed by atoms with van der Waals surface area (Å²) in [5.41, 5.74) is 1.57. The first kappa shape index (κ1) is 18.9. The molecule has 0 spiro atoms. The summed E-state index contributed by atoms with van der Waals surface area (Å²) < 4.78 is 16.2. The van der Waals surface area contributed by atoms with Crippen molar-refractivity contribution < 1.29 is 23.8 Å². The van der Waals surface area contributed by atoms with E-state index in [1.165, 1.54) is 0 Å². The number of hydrogen-bond donors (Lipinski definition) is 1. The second-order valence-corrected chi connectivity index (χ2v) is 6.22. The van der Waals surface area contributed by atoms with E-state index in [2.05, 4.69) is 5.32 Å². The van der Waals surface area contributed by atoms with Crippen LogP contribution in [0.4, 0.5) is 5.69 Å². The minimum atomic E-state index is -0.381. The van der Waals surface area contributed by atoms with Gasteiger partial charge in [0.2, 0.25) is 0 Å². The van der Waals surface area contributed by atoms with Gasteiger partial charge in [-0.05, 0) is 68.3 Å². The molecular formula is C21H23NO5. The summed E-state index contributed by atoms with van der Waals surface area (Å²) in [6, 6.07) is 13.6. The van der Waals surface area contributed by atoms with E-state index in [9.17, 15) is 9.59 Å². The molecule has 0 bridgehead atoms. The minimum absolute atomic E-state index is 0.158. The molecule has 1 N–H and O–H groups in total. The Balaban J connectivity index is 1.53. The van der Waals surface area contributed by atoms with Crippen LogP contribution in [0.2, 0.25) is 0 Å². The van der Waals surface area contributed by atoms with Crippen LogP contribution in [0.5, 0.6) is 5.75 Å². The molecule has 1 amide bonds. The summed E-state index contributed by atoms with van der Waals surface area (Å²) in [6.07, 6.45) is 2.26. The maximum atomic E-state index is 12.4. The molecule has 27 heavy (non-hydrogen) atoms. The second-order valence-electron chi connectivity index (χ2n) is 6.22. The number of amides is 1. The number of anilines is 1. The van der Waals surface area contributed by atoms with Gasteiger partial charge in [-0.2, -0.15) is 0 Å². The zero-order valence-corrected chi connectivity index (χ0v) is 15.3. The number of hydrogen-bond acceptors (Lipinski definition) is 5. The number of nitrogens with one attached hydrogen (secondary N) is 1. The van der Waals surface area contributed by atoms with Crippen molar-refractivity contribution in [3.63, 3.8) is 0 Å². The lowest BCUT2D eigenvalue weighted by molar-refractivity contribution is 0.0526. The summed E-state index contributed by atoms with van der Waals surface area (Å²) in [6.45, 7) is 3.41. The Morgan fingerprint density at radius 1 is 1.07 bits per heavy atom. The maximum Gasteiger partial charge on any atom is 0.338 e. The molecule has 1 atom stereocenters. The molecule has 1 fully saturated rings. The number of ether oxygens (including phenoxy) is 3. The number of benzene rings is 2. The lowest BCUT2D eigenvalue weighted by Gasteiger charge is -2.12. The molecule has 3 rings (SSSR count). The Labute approximate surface area is 158 Å². The quantitative estimate of drug-likeness (QED) is 0.754. The van der Waals surface area contributed by atoms with Gasteiger partial charge in [-0.25, -0.2) is 4.79 Å². The smallest absolute Gasteiger partial charge is 0.338 e. The molecular weight excluding hydrogens is 346 g/mol. The summed E-state index contributed by atoms with van der Waals surface area (Å²) in [5.74, 6) is 0.0966. The SMILES string of the molecule is CCOC(=O)c1ccc(NC(=O)c2ccc(OCC3CCCO3)cc2)cc1. The lowest BCUT2D eigenvalue weighted by atomic mass is 10.1. The average Bonchev–Trinajstić information content (AvgIpc) is 3.21. The molecule has 6 heteroatoms. The third-order valence-corrected chi connectivity index (χ3v) is 4.23. The monoisotopic (exact) mass is 369 g/mol. The largest absolute Gasteiger partial charge is 0.491 e. The molecule has 2 aromatic rings. The van der Waals surface area contributed by atoms with Crippen LogP contribution < -0.4 is 10.1 Å². The lowest BCUT2D eigenvalue weighted by Crippen LogP contribution is -2.16. The number of rotatable bonds is 7. The Kier molecular flexibility index (Phi) is 6.44. The van der Waals surface area contributed by atoms with Crippen LogP contribution in [-0.4, -0.2) is 37.8 Å². The van der Waals surface area contributed by atoms with Crippen molar-refractivity contribution in [3.8, 4) is 5.75 Å². The van der Waals surface area contributed by atoms with E-state index in [0.717, 1.165) is 19.4 Å². The molecule has 0 aromatic heterocycles. The van der Waals surface area contributed by atoms with Crippen LogP contribution in [0.1, 0.15) is 40.5 Å². The van der Waals surface area contributed by atoms with Crippen LogP contribution in [0.15, 0.2) is 48.5 Å². The van der Waals surface area contributed by atoms with Gasteiger partial charge in [-0.1, -0.05) is 0 Å². The van der Waals surface area contributed by atoms with Crippen LogP contribution in [-0.2, 0) is 9.47 Å². The van der Waals surface area contributed by atoms with Crippen molar-refractivity contribution in [3.05, 3.63) is 59.7 Å². The summed E-state index contributed by atoms with van der Waals surface area (Å²) in [4.78, 5) is 24.0. The van der Waals surface area contributed by atoms with Crippen LogP contribution in [0.3, 0.4) is 0 Å². The van der Waals surface area contributed by atoms with Crippen molar-refractivity contribution in [2.75, 3.05) is 25.1 Å². The van der Waals surface area contributed by atoms with Gasteiger partial charge in [0.15, 0.2) is 0 Å². The van der Waals surface area contributed by atoms with E-state index in [4.69, 9.17) is 14.2 Å². The molecule has 2 aromatic carbocycles. The second kappa shape index (κ2) is 9.19. The average molecular weight is 369 g/mol.